The molecule has 0 bridgehead atoms. The summed E-state index contributed by atoms with van der Waals surface area (Å²) in [6, 6.07) is 8.18. The zero-order chi connectivity index (χ0) is 20.4. The molecule has 0 aromatic heterocycles. The highest BCUT2D eigenvalue weighted by molar-refractivity contribution is 14.0. The van der Waals surface area contributed by atoms with E-state index in [1.165, 1.54) is 5.56 Å². The molecular weight excluding hydrogens is 481 g/mol. The minimum Gasteiger partial charge on any atom is -0.491 e. The van der Waals surface area contributed by atoms with Crippen LogP contribution in [0.2, 0.25) is 0 Å². The molecule has 2 rings (SSSR count). The van der Waals surface area contributed by atoms with E-state index in [9.17, 15) is 4.79 Å². The van der Waals surface area contributed by atoms with E-state index in [1.807, 2.05) is 25.1 Å². The van der Waals surface area contributed by atoms with Crippen LogP contribution in [-0.2, 0) is 9.53 Å². The van der Waals surface area contributed by atoms with Crippen LogP contribution in [0.4, 0.5) is 0 Å². The zero-order valence-corrected chi connectivity index (χ0v) is 20.5. The molecule has 1 aromatic carbocycles. The SMILES string of the molecule is CCNC(=NCCOc1ccccc1C(C)C)N1CCC(C(=O)OCC)CC1.I. The molecule has 0 radical (unpaired) electrons. The van der Waals surface area contributed by atoms with Crippen molar-refractivity contribution in [2.45, 2.75) is 46.5 Å². The van der Waals surface area contributed by atoms with Gasteiger partial charge in [-0.3, -0.25) is 4.79 Å². The first-order valence-corrected chi connectivity index (χ1v) is 10.5. The highest BCUT2D eigenvalue weighted by atomic mass is 127. The van der Waals surface area contributed by atoms with Gasteiger partial charge in [0.05, 0.1) is 19.1 Å². The first-order valence-electron chi connectivity index (χ1n) is 10.5. The Morgan fingerprint density at radius 2 is 1.93 bits per heavy atom. The summed E-state index contributed by atoms with van der Waals surface area (Å²) in [6.45, 7) is 12.3. The predicted octanol–water partition coefficient (Wildman–Crippen LogP) is 4.05. The fraction of sp³-hybridized carbons (Fsp3) is 0.636. The Balaban J connectivity index is 0.00000420. The summed E-state index contributed by atoms with van der Waals surface area (Å²) >= 11 is 0. The fourth-order valence-electron chi connectivity index (χ4n) is 3.41. The standard InChI is InChI=1S/C22H35N3O3.HI/c1-5-23-22(25-14-11-18(12-15-25)21(26)27-6-2)24-13-16-28-20-10-8-7-9-19(20)17(3)4;/h7-10,17-18H,5-6,11-16H2,1-4H3,(H,23,24);1H. The molecule has 0 unspecified atom stereocenters. The number of para-hydroxylation sites is 1. The summed E-state index contributed by atoms with van der Waals surface area (Å²) in [5.41, 5.74) is 1.22. The maximum Gasteiger partial charge on any atom is 0.309 e. The number of likely N-dealkylation sites (tertiary alicyclic amines) is 1. The topological polar surface area (TPSA) is 63.2 Å². The molecule has 1 aromatic rings. The third-order valence-corrected chi connectivity index (χ3v) is 4.90. The number of nitrogens with zero attached hydrogens (tertiary/aromatic N) is 2. The van der Waals surface area contributed by atoms with Crippen molar-refractivity contribution in [2.75, 3.05) is 39.4 Å². The third-order valence-electron chi connectivity index (χ3n) is 4.90. The number of nitrogens with one attached hydrogen (secondary N) is 1. The zero-order valence-electron chi connectivity index (χ0n) is 18.1. The number of rotatable bonds is 8. The molecule has 0 aliphatic carbocycles. The van der Waals surface area contributed by atoms with Gasteiger partial charge in [0.2, 0.25) is 0 Å². The monoisotopic (exact) mass is 517 g/mol. The molecule has 1 saturated heterocycles. The lowest BCUT2D eigenvalue weighted by Gasteiger charge is -2.33. The van der Waals surface area contributed by atoms with E-state index in [4.69, 9.17) is 14.5 Å². The highest BCUT2D eigenvalue weighted by Gasteiger charge is 2.27. The average molecular weight is 517 g/mol. The quantitative estimate of drug-likeness (QED) is 0.185. The lowest BCUT2D eigenvalue weighted by Crippen LogP contribution is -2.46. The number of benzene rings is 1. The molecule has 29 heavy (non-hydrogen) atoms. The van der Waals surface area contributed by atoms with Crippen LogP contribution in [-0.4, -0.2) is 56.2 Å². The van der Waals surface area contributed by atoms with Crippen LogP contribution < -0.4 is 10.1 Å². The van der Waals surface area contributed by atoms with E-state index in [1.54, 1.807) is 0 Å². The van der Waals surface area contributed by atoms with Crippen molar-refractivity contribution < 1.29 is 14.3 Å². The highest BCUT2D eigenvalue weighted by Crippen LogP contribution is 2.25. The van der Waals surface area contributed by atoms with Gasteiger partial charge in [-0.2, -0.15) is 0 Å². The van der Waals surface area contributed by atoms with Gasteiger partial charge in [0, 0.05) is 19.6 Å². The molecular formula is C22H36IN3O3. The number of carbonyl (C=O) groups excluding carboxylic acids is 1. The summed E-state index contributed by atoms with van der Waals surface area (Å²) < 4.78 is 11.1. The summed E-state index contributed by atoms with van der Waals surface area (Å²) in [7, 11) is 0. The molecule has 0 spiro atoms. The van der Waals surface area contributed by atoms with E-state index in [0.717, 1.165) is 44.2 Å². The number of hydrogen-bond donors (Lipinski definition) is 1. The second-order valence-electron chi connectivity index (χ2n) is 7.29. The number of carbonyl (C=O) groups is 1. The van der Waals surface area contributed by atoms with Crippen LogP contribution in [0, 0.1) is 5.92 Å². The number of ether oxygens (including phenoxy) is 2. The first kappa shape index (κ1) is 25.5. The molecule has 164 valence electrons. The number of aliphatic imine (C=N–C) groups is 1. The Bertz CT molecular complexity index is 644. The molecule has 1 fully saturated rings. The lowest BCUT2D eigenvalue weighted by atomic mass is 9.97. The summed E-state index contributed by atoms with van der Waals surface area (Å²) in [5, 5.41) is 3.35. The fourth-order valence-corrected chi connectivity index (χ4v) is 3.41. The molecule has 0 amide bonds. The summed E-state index contributed by atoms with van der Waals surface area (Å²) in [4.78, 5) is 18.9. The van der Waals surface area contributed by atoms with E-state index >= 15 is 0 Å². The Morgan fingerprint density at radius 1 is 1.24 bits per heavy atom. The van der Waals surface area contributed by atoms with Crippen molar-refractivity contribution in [1.29, 1.82) is 0 Å². The molecule has 7 heteroatoms. The van der Waals surface area contributed by atoms with Gasteiger partial charge in [-0.15, -0.1) is 24.0 Å². The number of esters is 1. The average Bonchev–Trinajstić information content (AvgIpc) is 2.71. The van der Waals surface area contributed by atoms with Gasteiger partial charge in [0.25, 0.3) is 0 Å². The maximum absolute atomic E-state index is 11.9. The Hall–Kier alpha value is -1.51. The second-order valence-corrected chi connectivity index (χ2v) is 7.29. The van der Waals surface area contributed by atoms with E-state index < -0.39 is 0 Å². The van der Waals surface area contributed by atoms with Gasteiger partial charge >= 0.3 is 5.97 Å². The van der Waals surface area contributed by atoms with Gasteiger partial charge in [0.1, 0.15) is 12.4 Å². The molecule has 0 saturated carbocycles. The van der Waals surface area contributed by atoms with Gasteiger partial charge in [-0.05, 0) is 44.2 Å². The molecule has 0 atom stereocenters. The van der Waals surface area contributed by atoms with E-state index in [-0.39, 0.29) is 35.9 Å². The molecule has 1 aliphatic rings. The number of guanidine groups is 1. The molecule has 6 nitrogen and oxygen atoms in total. The van der Waals surface area contributed by atoms with Gasteiger partial charge in [-0.25, -0.2) is 4.99 Å². The van der Waals surface area contributed by atoms with Crippen molar-refractivity contribution in [1.82, 2.24) is 10.2 Å². The normalized spacial score (nSPS) is 15.1. The van der Waals surface area contributed by atoms with Crippen LogP contribution >= 0.6 is 24.0 Å². The minimum absolute atomic E-state index is 0. The number of halogens is 1. The maximum atomic E-state index is 11.9. The van der Waals surface area contributed by atoms with Gasteiger partial charge < -0.3 is 19.7 Å². The summed E-state index contributed by atoms with van der Waals surface area (Å²) in [5.74, 6) is 2.20. The lowest BCUT2D eigenvalue weighted by molar-refractivity contribution is -0.149. The Kier molecular flexibility index (Phi) is 12.0. The molecule has 1 heterocycles. The predicted molar refractivity (Wildman–Crippen MR) is 128 cm³/mol. The van der Waals surface area contributed by atoms with Crippen LogP contribution in [0.5, 0.6) is 5.75 Å². The van der Waals surface area contributed by atoms with Crippen molar-refractivity contribution in [3.05, 3.63) is 29.8 Å². The molecule has 1 aliphatic heterocycles. The van der Waals surface area contributed by atoms with Crippen molar-refractivity contribution in [3.63, 3.8) is 0 Å². The Labute approximate surface area is 192 Å². The van der Waals surface area contributed by atoms with Crippen molar-refractivity contribution in [3.8, 4) is 5.75 Å². The summed E-state index contributed by atoms with van der Waals surface area (Å²) in [6.07, 6.45) is 1.61. The van der Waals surface area contributed by atoms with Crippen molar-refractivity contribution >= 4 is 35.9 Å². The number of piperidine rings is 1. The van der Waals surface area contributed by atoms with Crippen molar-refractivity contribution in [2.24, 2.45) is 10.9 Å². The van der Waals surface area contributed by atoms with Crippen LogP contribution in [0.25, 0.3) is 0 Å². The largest absolute Gasteiger partial charge is 0.491 e. The molecule has 1 N–H and O–H groups in total. The van der Waals surface area contributed by atoms with Crippen LogP contribution in [0.3, 0.4) is 0 Å². The Morgan fingerprint density at radius 3 is 2.55 bits per heavy atom. The third kappa shape index (κ3) is 8.03. The minimum atomic E-state index is -0.0682. The first-order chi connectivity index (χ1) is 13.6. The smallest absolute Gasteiger partial charge is 0.309 e. The van der Waals surface area contributed by atoms with E-state index in [2.05, 4.69) is 37.1 Å². The van der Waals surface area contributed by atoms with Gasteiger partial charge in [0.15, 0.2) is 5.96 Å². The number of hydrogen-bond acceptors (Lipinski definition) is 4. The van der Waals surface area contributed by atoms with Crippen LogP contribution in [0.1, 0.15) is 52.0 Å². The van der Waals surface area contributed by atoms with Gasteiger partial charge in [-0.1, -0.05) is 32.0 Å². The second kappa shape index (κ2) is 13.7. The van der Waals surface area contributed by atoms with E-state index in [0.29, 0.717) is 25.7 Å². The van der Waals surface area contributed by atoms with Crippen LogP contribution in [0.15, 0.2) is 29.3 Å².